The molecule has 0 spiro atoms. The van der Waals surface area contributed by atoms with Gasteiger partial charge in [0.15, 0.2) is 0 Å². The van der Waals surface area contributed by atoms with Crippen LogP contribution >= 0.6 is 15.9 Å². The van der Waals surface area contributed by atoms with Crippen molar-refractivity contribution in [3.63, 3.8) is 0 Å². The largest absolute Gasteiger partial charge is 0.316 e. The maximum Gasteiger partial charge on any atom is 0.248 e. The Labute approximate surface area is 124 Å². The summed E-state index contributed by atoms with van der Waals surface area (Å²) in [5, 5.41) is 0. The van der Waals surface area contributed by atoms with E-state index in [0.29, 0.717) is 17.8 Å². The Balaban J connectivity index is 2.01. The van der Waals surface area contributed by atoms with Gasteiger partial charge in [0, 0.05) is 10.0 Å². The molecule has 0 radical (unpaired) electrons. The van der Waals surface area contributed by atoms with E-state index in [1.807, 2.05) is 24.3 Å². The van der Waals surface area contributed by atoms with Crippen molar-refractivity contribution in [2.24, 2.45) is 5.73 Å². The molecule has 1 heterocycles. The van der Waals surface area contributed by atoms with Gasteiger partial charge in [-0.15, -0.1) is 0 Å². The van der Waals surface area contributed by atoms with Crippen molar-refractivity contribution in [3.05, 3.63) is 63.9 Å². The lowest BCUT2D eigenvalue weighted by Crippen LogP contribution is -2.31. The summed E-state index contributed by atoms with van der Waals surface area (Å²) in [6, 6.07) is 11.2. The predicted molar refractivity (Wildman–Crippen MR) is 78.7 cm³/mol. The molecule has 0 aliphatic carbocycles. The molecule has 0 saturated heterocycles. The van der Waals surface area contributed by atoms with E-state index in [1.54, 1.807) is 6.07 Å². The first-order valence-corrected chi connectivity index (χ1v) is 6.97. The van der Waals surface area contributed by atoms with E-state index < -0.39 is 6.04 Å². The van der Waals surface area contributed by atoms with Crippen LogP contribution in [0, 0.1) is 5.82 Å². The third-order valence-electron chi connectivity index (χ3n) is 3.44. The Morgan fingerprint density at radius 2 is 2.00 bits per heavy atom. The number of anilines is 1. The lowest BCUT2D eigenvalue weighted by Gasteiger charge is -2.18. The third-order valence-corrected chi connectivity index (χ3v) is 4.21. The minimum atomic E-state index is -0.715. The average Bonchev–Trinajstić information content (AvgIpc) is 2.66. The van der Waals surface area contributed by atoms with Crippen LogP contribution in [-0.4, -0.2) is 5.91 Å². The second kappa shape index (κ2) is 5.00. The number of hydrogen-bond acceptors (Lipinski definition) is 2. The van der Waals surface area contributed by atoms with E-state index in [2.05, 4.69) is 15.9 Å². The average molecular weight is 335 g/mol. The second-order valence-electron chi connectivity index (χ2n) is 4.70. The van der Waals surface area contributed by atoms with Crippen molar-refractivity contribution in [3.8, 4) is 0 Å². The molecular formula is C15H12BrFN2O. The highest BCUT2D eigenvalue weighted by Gasteiger charge is 2.35. The van der Waals surface area contributed by atoms with Crippen LogP contribution in [0.1, 0.15) is 17.2 Å². The van der Waals surface area contributed by atoms with Crippen LogP contribution in [0.15, 0.2) is 46.9 Å². The fraction of sp³-hybridized carbons (Fsp3) is 0.133. The summed E-state index contributed by atoms with van der Waals surface area (Å²) in [4.78, 5) is 13.8. The van der Waals surface area contributed by atoms with E-state index in [-0.39, 0.29) is 11.7 Å². The van der Waals surface area contributed by atoms with E-state index in [4.69, 9.17) is 5.73 Å². The molecule has 1 amide bonds. The zero-order valence-electron chi connectivity index (χ0n) is 10.5. The Morgan fingerprint density at radius 3 is 2.75 bits per heavy atom. The number of fused-ring (bicyclic) bond motifs is 1. The zero-order chi connectivity index (χ0) is 14.3. The number of nitrogens with two attached hydrogens (primary N) is 1. The highest BCUT2D eigenvalue weighted by Crippen LogP contribution is 2.36. The molecule has 2 aromatic rings. The van der Waals surface area contributed by atoms with Gasteiger partial charge in [0.25, 0.3) is 0 Å². The van der Waals surface area contributed by atoms with Crippen LogP contribution in [0.25, 0.3) is 0 Å². The fourth-order valence-electron chi connectivity index (χ4n) is 2.39. The summed E-state index contributed by atoms with van der Waals surface area (Å²) in [5.74, 6) is -0.580. The summed E-state index contributed by atoms with van der Waals surface area (Å²) in [6.07, 6.45) is 0. The number of halogens is 2. The monoisotopic (exact) mass is 334 g/mol. The molecule has 0 aromatic heterocycles. The summed E-state index contributed by atoms with van der Waals surface area (Å²) in [7, 11) is 0. The quantitative estimate of drug-likeness (QED) is 0.917. The number of benzene rings is 2. The highest BCUT2D eigenvalue weighted by atomic mass is 79.9. The number of rotatable bonds is 2. The van der Waals surface area contributed by atoms with E-state index >= 15 is 0 Å². The van der Waals surface area contributed by atoms with Crippen LogP contribution < -0.4 is 10.6 Å². The van der Waals surface area contributed by atoms with Crippen molar-refractivity contribution < 1.29 is 9.18 Å². The fourth-order valence-corrected chi connectivity index (χ4v) is 2.80. The number of amides is 1. The van der Waals surface area contributed by atoms with Gasteiger partial charge < -0.3 is 10.6 Å². The molecule has 1 aliphatic heterocycles. The van der Waals surface area contributed by atoms with E-state index in [9.17, 15) is 9.18 Å². The molecule has 0 bridgehead atoms. The van der Waals surface area contributed by atoms with Crippen LogP contribution in [0.5, 0.6) is 0 Å². The minimum absolute atomic E-state index is 0.207. The smallest absolute Gasteiger partial charge is 0.248 e. The molecule has 3 rings (SSSR count). The van der Waals surface area contributed by atoms with Gasteiger partial charge in [-0.2, -0.15) is 0 Å². The van der Waals surface area contributed by atoms with E-state index in [1.165, 1.54) is 17.0 Å². The molecule has 1 unspecified atom stereocenters. The molecule has 1 atom stereocenters. The van der Waals surface area contributed by atoms with Gasteiger partial charge in [0.05, 0.1) is 12.2 Å². The number of carbonyl (C=O) groups is 1. The number of carbonyl (C=O) groups excluding carboxylic acids is 1. The van der Waals surface area contributed by atoms with Crippen molar-refractivity contribution >= 4 is 27.5 Å². The SMILES string of the molecule is NC1C(=O)N(Cc2ccccc2Br)c2cc(F)ccc21. The van der Waals surface area contributed by atoms with E-state index in [0.717, 1.165) is 10.0 Å². The summed E-state index contributed by atoms with van der Waals surface area (Å²) in [5.41, 5.74) is 8.07. The highest BCUT2D eigenvalue weighted by molar-refractivity contribution is 9.10. The van der Waals surface area contributed by atoms with Gasteiger partial charge in [-0.05, 0) is 23.8 Å². The first-order chi connectivity index (χ1) is 9.58. The molecule has 0 fully saturated rings. The maximum atomic E-state index is 13.4. The van der Waals surface area contributed by atoms with Gasteiger partial charge in [-0.1, -0.05) is 40.2 Å². The van der Waals surface area contributed by atoms with Gasteiger partial charge >= 0.3 is 0 Å². The number of hydrogen-bond donors (Lipinski definition) is 1. The Hall–Kier alpha value is -1.72. The first-order valence-electron chi connectivity index (χ1n) is 6.18. The van der Waals surface area contributed by atoms with Crippen molar-refractivity contribution in [1.82, 2.24) is 0 Å². The molecule has 2 aromatic carbocycles. The van der Waals surface area contributed by atoms with Crippen LogP contribution in [-0.2, 0) is 11.3 Å². The summed E-state index contributed by atoms with van der Waals surface area (Å²) >= 11 is 3.45. The van der Waals surface area contributed by atoms with Gasteiger partial charge in [0.1, 0.15) is 11.9 Å². The molecule has 2 N–H and O–H groups in total. The van der Waals surface area contributed by atoms with Crippen molar-refractivity contribution in [2.75, 3.05) is 4.90 Å². The Bertz CT molecular complexity index is 689. The summed E-state index contributed by atoms with van der Waals surface area (Å²) < 4.78 is 14.3. The molecule has 1 aliphatic rings. The lowest BCUT2D eigenvalue weighted by molar-refractivity contribution is -0.119. The van der Waals surface area contributed by atoms with Gasteiger partial charge in [-0.3, -0.25) is 4.79 Å². The van der Waals surface area contributed by atoms with Crippen LogP contribution in [0.3, 0.4) is 0 Å². The number of nitrogens with zero attached hydrogens (tertiary/aromatic N) is 1. The Morgan fingerprint density at radius 1 is 1.25 bits per heavy atom. The molecule has 20 heavy (non-hydrogen) atoms. The van der Waals surface area contributed by atoms with Crippen LogP contribution in [0.2, 0.25) is 0 Å². The zero-order valence-corrected chi connectivity index (χ0v) is 12.1. The van der Waals surface area contributed by atoms with Crippen LogP contribution in [0.4, 0.5) is 10.1 Å². The standard InChI is InChI=1S/C15H12BrFN2O/c16-12-4-2-1-3-9(12)8-19-13-7-10(17)5-6-11(13)14(18)15(19)20/h1-7,14H,8,18H2. The predicted octanol–water partition coefficient (Wildman–Crippen LogP) is 3.13. The minimum Gasteiger partial charge on any atom is -0.316 e. The normalized spacial score (nSPS) is 17.4. The maximum absolute atomic E-state index is 13.4. The molecule has 102 valence electrons. The molecule has 3 nitrogen and oxygen atoms in total. The topological polar surface area (TPSA) is 46.3 Å². The van der Waals surface area contributed by atoms with Crippen molar-refractivity contribution in [2.45, 2.75) is 12.6 Å². The van der Waals surface area contributed by atoms with Gasteiger partial charge in [0.2, 0.25) is 5.91 Å². The molecular weight excluding hydrogens is 323 g/mol. The van der Waals surface area contributed by atoms with Gasteiger partial charge in [-0.25, -0.2) is 4.39 Å². The second-order valence-corrected chi connectivity index (χ2v) is 5.55. The molecule has 0 saturated carbocycles. The third kappa shape index (κ3) is 2.13. The lowest BCUT2D eigenvalue weighted by atomic mass is 10.1. The Kier molecular flexibility index (Phi) is 3.31. The first kappa shape index (κ1) is 13.3. The van der Waals surface area contributed by atoms with Crippen molar-refractivity contribution in [1.29, 1.82) is 0 Å². The summed E-state index contributed by atoms with van der Waals surface area (Å²) in [6.45, 7) is 0.365. The molecule has 5 heteroatoms.